The molecule has 0 saturated carbocycles. The number of fused-ring (bicyclic) bond motifs is 1. The fraction of sp³-hybridized carbons (Fsp3) is 0.812. The summed E-state index contributed by atoms with van der Waals surface area (Å²) in [7, 11) is 0. The summed E-state index contributed by atoms with van der Waals surface area (Å²) < 4.78 is 5.74. The molecule has 2 saturated heterocycles. The lowest BCUT2D eigenvalue weighted by Crippen LogP contribution is -2.59. The molecule has 2 unspecified atom stereocenters. The molecule has 1 aromatic rings. The van der Waals surface area contributed by atoms with E-state index in [0.29, 0.717) is 12.1 Å². The lowest BCUT2D eigenvalue weighted by Gasteiger charge is -2.46. The molecule has 3 rings (SSSR count). The molecule has 21 heavy (non-hydrogen) atoms. The third-order valence-corrected chi connectivity index (χ3v) is 4.71. The average Bonchev–Trinajstić information content (AvgIpc) is 2.95. The zero-order chi connectivity index (χ0) is 14.7. The highest BCUT2D eigenvalue weighted by atomic mass is 16.4. The molecule has 0 radical (unpaired) electrons. The first-order valence-corrected chi connectivity index (χ1v) is 8.43. The summed E-state index contributed by atoms with van der Waals surface area (Å²) in [5, 5.41) is 3.37. The highest BCUT2D eigenvalue weighted by Crippen LogP contribution is 2.27. The summed E-state index contributed by atoms with van der Waals surface area (Å²) in [6.07, 6.45) is 6.98. The standard InChI is InChI=1S/C16H28N4O/c1-3-7-17-9-14-12-21-16(18-14)20-11-15-6-4-5-8-19(15)10-13(20)2/h12-13,15,17H,3-11H2,1-2H3. The van der Waals surface area contributed by atoms with Crippen LogP contribution < -0.4 is 10.2 Å². The number of hydrogen-bond donors (Lipinski definition) is 1. The van der Waals surface area contributed by atoms with Gasteiger partial charge in [0, 0.05) is 31.7 Å². The van der Waals surface area contributed by atoms with Gasteiger partial charge in [0.15, 0.2) is 0 Å². The number of anilines is 1. The molecule has 0 spiro atoms. The zero-order valence-electron chi connectivity index (χ0n) is 13.3. The molecule has 0 aromatic carbocycles. The Balaban J connectivity index is 1.62. The molecule has 0 amide bonds. The predicted octanol–water partition coefficient (Wildman–Crippen LogP) is 2.24. The Hall–Kier alpha value is -1.07. The van der Waals surface area contributed by atoms with E-state index in [0.717, 1.165) is 44.3 Å². The molecule has 1 N–H and O–H groups in total. The minimum absolute atomic E-state index is 0.481. The van der Waals surface area contributed by atoms with Gasteiger partial charge in [-0.15, -0.1) is 0 Å². The second-order valence-electron chi connectivity index (χ2n) is 6.44. The topological polar surface area (TPSA) is 44.5 Å². The first-order chi connectivity index (χ1) is 10.3. The smallest absolute Gasteiger partial charge is 0.297 e. The first kappa shape index (κ1) is 14.9. The van der Waals surface area contributed by atoms with Gasteiger partial charge in [0.05, 0.1) is 5.69 Å². The lowest BCUT2D eigenvalue weighted by atomic mass is 9.97. The Morgan fingerprint density at radius 3 is 3.14 bits per heavy atom. The molecular weight excluding hydrogens is 264 g/mol. The average molecular weight is 292 g/mol. The van der Waals surface area contributed by atoms with Crippen molar-refractivity contribution in [2.75, 3.05) is 31.1 Å². The first-order valence-electron chi connectivity index (χ1n) is 8.43. The molecule has 5 heteroatoms. The number of rotatable bonds is 5. The van der Waals surface area contributed by atoms with Crippen molar-refractivity contribution in [2.24, 2.45) is 0 Å². The van der Waals surface area contributed by atoms with Crippen molar-refractivity contribution in [1.29, 1.82) is 0 Å². The molecule has 2 fully saturated rings. The van der Waals surface area contributed by atoms with Gasteiger partial charge in [-0.05, 0) is 39.3 Å². The van der Waals surface area contributed by atoms with Crippen LogP contribution in [0, 0.1) is 0 Å². The van der Waals surface area contributed by atoms with Gasteiger partial charge >= 0.3 is 0 Å². The Kier molecular flexibility index (Phi) is 4.80. The van der Waals surface area contributed by atoms with Crippen LogP contribution >= 0.6 is 0 Å². The van der Waals surface area contributed by atoms with Gasteiger partial charge in [-0.3, -0.25) is 4.90 Å². The van der Waals surface area contributed by atoms with Crippen LogP contribution in [0.1, 0.15) is 45.2 Å². The zero-order valence-corrected chi connectivity index (χ0v) is 13.3. The Morgan fingerprint density at radius 2 is 2.29 bits per heavy atom. The lowest BCUT2D eigenvalue weighted by molar-refractivity contribution is 0.113. The van der Waals surface area contributed by atoms with Crippen molar-refractivity contribution in [2.45, 2.75) is 58.2 Å². The SMILES string of the molecule is CCCNCc1coc(N2CC3CCCCN3CC2C)n1. The summed E-state index contributed by atoms with van der Waals surface area (Å²) in [5.74, 6) is 0. The molecule has 3 heterocycles. The van der Waals surface area contributed by atoms with E-state index in [1.54, 1.807) is 6.26 Å². The van der Waals surface area contributed by atoms with Crippen LogP contribution in [0.2, 0.25) is 0 Å². The highest BCUT2D eigenvalue weighted by Gasteiger charge is 2.34. The fourth-order valence-electron chi connectivity index (χ4n) is 3.52. The number of aromatic nitrogens is 1. The molecule has 0 aliphatic carbocycles. The molecule has 1 aromatic heterocycles. The molecule has 2 aliphatic heterocycles. The third-order valence-electron chi connectivity index (χ3n) is 4.71. The maximum Gasteiger partial charge on any atom is 0.297 e. The molecule has 2 aliphatic rings. The molecule has 0 bridgehead atoms. The number of piperazine rings is 1. The highest BCUT2D eigenvalue weighted by molar-refractivity contribution is 5.31. The van der Waals surface area contributed by atoms with Crippen LogP contribution in [0.5, 0.6) is 0 Å². The minimum atomic E-state index is 0.481. The van der Waals surface area contributed by atoms with E-state index < -0.39 is 0 Å². The van der Waals surface area contributed by atoms with E-state index in [-0.39, 0.29) is 0 Å². The fourth-order valence-corrected chi connectivity index (χ4v) is 3.52. The van der Waals surface area contributed by atoms with Crippen LogP contribution in [0.15, 0.2) is 10.7 Å². The summed E-state index contributed by atoms with van der Waals surface area (Å²) in [6.45, 7) is 9.74. The van der Waals surface area contributed by atoms with Crippen molar-refractivity contribution >= 4 is 6.01 Å². The van der Waals surface area contributed by atoms with Gasteiger partial charge in [0.2, 0.25) is 0 Å². The van der Waals surface area contributed by atoms with Crippen molar-refractivity contribution in [3.05, 3.63) is 12.0 Å². The van der Waals surface area contributed by atoms with Crippen LogP contribution in [0.3, 0.4) is 0 Å². The van der Waals surface area contributed by atoms with Gasteiger partial charge < -0.3 is 14.6 Å². The monoisotopic (exact) mass is 292 g/mol. The number of nitrogens with one attached hydrogen (secondary N) is 1. The van der Waals surface area contributed by atoms with Gasteiger partial charge in [0.1, 0.15) is 6.26 Å². The maximum atomic E-state index is 5.74. The second-order valence-corrected chi connectivity index (χ2v) is 6.44. The van der Waals surface area contributed by atoms with E-state index >= 15 is 0 Å². The van der Waals surface area contributed by atoms with Gasteiger partial charge in [0.25, 0.3) is 6.01 Å². The third kappa shape index (κ3) is 3.40. The Morgan fingerprint density at radius 1 is 1.38 bits per heavy atom. The Bertz CT molecular complexity index is 447. The quantitative estimate of drug-likeness (QED) is 0.843. The van der Waals surface area contributed by atoms with E-state index in [9.17, 15) is 0 Å². The second kappa shape index (κ2) is 6.79. The molecule has 5 nitrogen and oxygen atoms in total. The number of oxazole rings is 1. The van der Waals surface area contributed by atoms with E-state index in [2.05, 4.69) is 33.9 Å². The van der Waals surface area contributed by atoms with Gasteiger partial charge in [-0.2, -0.15) is 4.98 Å². The normalized spacial score (nSPS) is 26.9. The van der Waals surface area contributed by atoms with Crippen molar-refractivity contribution in [1.82, 2.24) is 15.2 Å². The van der Waals surface area contributed by atoms with Crippen molar-refractivity contribution in [3.63, 3.8) is 0 Å². The van der Waals surface area contributed by atoms with Crippen LogP contribution in [-0.2, 0) is 6.54 Å². The maximum absolute atomic E-state index is 5.74. The van der Waals surface area contributed by atoms with Crippen LogP contribution in [0.4, 0.5) is 6.01 Å². The van der Waals surface area contributed by atoms with Crippen LogP contribution in [-0.4, -0.2) is 48.1 Å². The number of piperidine rings is 1. The molecule has 118 valence electrons. The summed E-state index contributed by atoms with van der Waals surface area (Å²) >= 11 is 0. The van der Waals surface area contributed by atoms with Gasteiger partial charge in [-0.25, -0.2) is 0 Å². The van der Waals surface area contributed by atoms with E-state index in [1.165, 1.54) is 25.8 Å². The van der Waals surface area contributed by atoms with E-state index in [1.807, 2.05) is 0 Å². The summed E-state index contributed by atoms with van der Waals surface area (Å²) in [6, 6.07) is 1.97. The van der Waals surface area contributed by atoms with Crippen molar-refractivity contribution < 1.29 is 4.42 Å². The van der Waals surface area contributed by atoms with Crippen LogP contribution in [0.25, 0.3) is 0 Å². The largest absolute Gasteiger partial charge is 0.432 e. The van der Waals surface area contributed by atoms with Crippen molar-refractivity contribution in [3.8, 4) is 0 Å². The summed E-state index contributed by atoms with van der Waals surface area (Å²) in [4.78, 5) is 9.68. The molecule has 2 atom stereocenters. The number of hydrogen-bond acceptors (Lipinski definition) is 5. The minimum Gasteiger partial charge on any atom is -0.432 e. The predicted molar refractivity (Wildman–Crippen MR) is 84.5 cm³/mol. The Labute approximate surface area is 127 Å². The van der Waals surface area contributed by atoms with Gasteiger partial charge in [-0.1, -0.05) is 13.3 Å². The summed E-state index contributed by atoms with van der Waals surface area (Å²) in [5.41, 5.74) is 1.01. The van der Waals surface area contributed by atoms with E-state index in [4.69, 9.17) is 4.42 Å². The molecular formula is C16H28N4O. The number of nitrogens with zero attached hydrogens (tertiary/aromatic N) is 3.